The predicted molar refractivity (Wildman–Crippen MR) is 75.3 cm³/mol. The summed E-state index contributed by atoms with van der Waals surface area (Å²) in [5, 5.41) is 13.9. The molecule has 1 N–H and O–H groups in total. The molecule has 0 spiro atoms. The maximum atomic E-state index is 14.3. The number of hydrogen-bond donors (Lipinski definition) is 1. The number of carbonyl (C=O) groups excluding carboxylic acids is 1. The van der Waals surface area contributed by atoms with E-state index in [1.54, 1.807) is 13.8 Å². The number of allylic oxidation sites excluding steroid dienone is 1. The third-order valence-electron chi connectivity index (χ3n) is 3.46. The minimum absolute atomic E-state index is 0.0533. The number of nitrogens with zero attached hydrogens (tertiary/aromatic N) is 4. The number of anilines is 1. The zero-order valence-electron chi connectivity index (χ0n) is 12.4. The van der Waals surface area contributed by atoms with Crippen molar-refractivity contribution in [3.8, 4) is 0 Å². The van der Waals surface area contributed by atoms with Crippen LogP contribution in [-0.2, 0) is 9.53 Å². The number of rotatable bonds is 3. The number of fused-ring (bicyclic) bond motifs is 1. The molecule has 9 heteroatoms. The first-order valence-electron chi connectivity index (χ1n) is 6.90. The Balaban J connectivity index is 2.20. The lowest BCUT2D eigenvalue weighted by Crippen LogP contribution is -2.30. The van der Waals surface area contributed by atoms with E-state index in [0.29, 0.717) is 5.70 Å². The van der Waals surface area contributed by atoms with E-state index in [1.807, 2.05) is 0 Å². The molecular weight excluding hydrogens is 308 g/mol. The highest BCUT2D eigenvalue weighted by Gasteiger charge is 2.36. The monoisotopic (exact) mass is 321 g/mol. The van der Waals surface area contributed by atoms with E-state index >= 15 is 0 Å². The van der Waals surface area contributed by atoms with Crippen molar-refractivity contribution in [3.63, 3.8) is 0 Å². The molecule has 0 amide bonds. The lowest BCUT2D eigenvalue weighted by atomic mass is 9.95. The van der Waals surface area contributed by atoms with Crippen LogP contribution in [0.1, 0.15) is 25.5 Å². The summed E-state index contributed by atoms with van der Waals surface area (Å²) < 4.78 is 34.1. The van der Waals surface area contributed by atoms with Crippen molar-refractivity contribution in [3.05, 3.63) is 46.7 Å². The van der Waals surface area contributed by atoms with Gasteiger partial charge in [-0.2, -0.15) is 4.68 Å². The summed E-state index contributed by atoms with van der Waals surface area (Å²) in [6.07, 6.45) is 0. The number of nitrogens with one attached hydrogen (secondary N) is 1. The van der Waals surface area contributed by atoms with Crippen LogP contribution in [0.2, 0.25) is 0 Å². The molecule has 23 heavy (non-hydrogen) atoms. The zero-order valence-corrected chi connectivity index (χ0v) is 12.4. The minimum Gasteiger partial charge on any atom is -0.463 e. The molecule has 0 aliphatic carbocycles. The Morgan fingerprint density at radius 1 is 1.43 bits per heavy atom. The first kappa shape index (κ1) is 15.1. The van der Waals surface area contributed by atoms with Crippen LogP contribution in [0, 0.1) is 11.6 Å². The maximum Gasteiger partial charge on any atom is 0.338 e. The Morgan fingerprint density at radius 2 is 2.22 bits per heavy atom. The van der Waals surface area contributed by atoms with Crippen LogP contribution < -0.4 is 5.32 Å². The van der Waals surface area contributed by atoms with E-state index in [9.17, 15) is 13.6 Å². The van der Waals surface area contributed by atoms with Crippen LogP contribution in [0.15, 0.2) is 29.5 Å². The molecule has 0 saturated heterocycles. The molecule has 0 fully saturated rings. The molecule has 120 valence electrons. The quantitative estimate of drug-likeness (QED) is 0.868. The Morgan fingerprint density at radius 3 is 2.96 bits per heavy atom. The topological polar surface area (TPSA) is 81.9 Å². The number of ether oxygens (including phenoxy) is 1. The van der Waals surface area contributed by atoms with Gasteiger partial charge in [-0.05, 0) is 42.5 Å². The molecule has 1 aliphatic rings. The lowest BCUT2D eigenvalue weighted by molar-refractivity contribution is -0.139. The second kappa shape index (κ2) is 5.75. The van der Waals surface area contributed by atoms with Gasteiger partial charge in [0.1, 0.15) is 17.7 Å². The van der Waals surface area contributed by atoms with E-state index in [2.05, 4.69) is 20.8 Å². The summed E-state index contributed by atoms with van der Waals surface area (Å²) in [7, 11) is 0. The van der Waals surface area contributed by atoms with Crippen molar-refractivity contribution in [2.75, 3.05) is 11.9 Å². The summed E-state index contributed by atoms with van der Waals surface area (Å²) in [6, 6.07) is 2.00. The number of hydrogen-bond acceptors (Lipinski definition) is 6. The van der Waals surface area contributed by atoms with Crippen molar-refractivity contribution in [1.82, 2.24) is 20.2 Å². The van der Waals surface area contributed by atoms with Crippen molar-refractivity contribution in [2.24, 2.45) is 0 Å². The lowest BCUT2D eigenvalue weighted by Gasteiger charge is -2.27. The van der Waals surface area contributed by atoms with E-state index in [-0.39, 0.29) is 23.7 Å². The third kappa shape index (κ3) is 2.54. The first-order valence-corrected chi connectivity index (χ1v) is 6.90. The van der Waals surface area contributed by atoms with Crippen LogP contribution in [0.5, 0.6) is 0 Å². The fraction of sp³-hybridized carbons (Fsp3) is 0.286. The highest BCUT2D eigenvalue weighted by molar-refractivity contribution is 5.92. The van der Waals surface area contributed by atoms with E-state index in [1.165, 1.54) is 4.68 Å². The molecule has 0 unspecified atom stereocenters. The standard InChI is InChI=1S/C14H13F2N5O2/c1-3-23-13(22)11-7(2)17-14-18-19-20-21(14)12(11)9-6-8(15)4-5-10(9)16/h4-6,12H,3H2,1-2H3,(H,17,18,20)/t12-/m0/s1. The summed E-state index contributed by atoms with van der Waals surface area (Å²) in [4.78, 5) is 12.3. The Hall–Kier alpha value is -2.84. The molecule has 1 aromatic carbocycles. The van der Waals surface area contributed by atoms with Crippen molar-refractivity contribution in [2.45, 2.75) is 19.9 Å². The second-order valence-electron chi connectivity index (χ2n) is 4.90. The Kier molecular flexibility index (Phi) is 3.77. The van der Waals surface area contributed by atoms with Gasteiger partial charge < -0.3 is 10.1 Å². The first-order chi connectivity index (χ1) is 11.0. The van der Waals surface area contributed by atoms with Crippen LogP contribution in [0.25, 0.3) is 0 Å². The molecule has 3 rings (SSSR count). The smallest absolute Gasteiger partial charge is 0.338 e. The second-order valence-corrected chi connectivity index (χ2v) is 4.90. The molecule has 1 aromatic heterocycles. The highest BCUT2D eigenvalue weighted by Crippen LogP contribution is 2.36. The number of tetrazole rings is 1. The minimum atomic E-state index is -1.02. The van der Waals surface area contributed by atoms with Crippen molar-refractivity contribution in [1.29, 1.82) is 0 Å². The fourth-order valence-corrected chi connectivity index (χ4v) is 2.50. The van der Waals surface area contributed by atoms with Gasteiger partial charge in [0.15, 0.2) is 0 Å². The molecule has 1 atom stereocenters. The molecule has 0 bridgehead atoms. The summed E-state index contributed by atoms with van der Waals surface area (Å²) in [5.41, 5.74) is 0.484. The SMILES string of the molecule is CCOC(=O)C1=C(C)Nc2nnnn2[C@H]1c1cc(F)ccc1F. The molecule has 0 radical (unpaired) electrons. The van der Waals surface area contributed by atoms with Crippen LogP contribution >= 0.6 is 0 Å². The van der Waals surface area contributed by atoms with Gasteiger partial charge in [-0.25, -0.2) is 13.6 Å². The van der Waals surface area contributed by atoms with Gasteiger partial charge >= 0.3 is 5.97 Å². The van der Waals surface area contributed by atoms with Crippen LogP contribution in [0.3, 0.4) is 0 Å². The molecule has 2 heterocycles. The van der Waals surface area contributed by atoms with E-state index in [0.717, 1.165) is 18.2 Å². The van der Waals surface area contributed by atoms with E-state index in [4.69, 9.17) is 4.74 Å². The maximum absolute atomic E-state index is 14.3. The molecular formula is C14H13F2N5O2. The Bertz CT molecular complexity index is 802. The molecule has 0 saturated carbocycles. The van der Waals surface area contributed by atoms with Gasteiger partial charge in [0.25, 0.3) is 0 Å². The average Bonchev–Trinajstić information content (AvgIpc) is 2.96. The number of halogens is 2. The average molecular weight is 321 g/mol. The molecule has 7 nitrogen and oxygen atoms in total. The van der Waals surface area contributed by atoms with Crippen LogP contribution in [-0.4, -0.2) is 32.8 Å². The molecule has 2 aromatic rings. The highest BCUT2D eigenvalue weighted by atomic mass is 19.1. The van der Waals surface area contributed by atoms with Gasteiger partial charge in [-0.3, -0.25) is 0 Å². The number of esters is 1. The fourth-order valence-electron chi connectivity index (χ4n) is 2.50. The predicted octanol–water partition coefficient (Wildman–Crippen LogP) is 1.80. The largest absolute Gasteiger partial charge is 0.463 e. The zero-order chi connectivity index (χ0) is 16.6. The summed E-state index contributed by atoms with van der Waals surface area (Å²) in [6.45, 7) is 3.43. The van der Waals surface area contributed by atoms with Gasteiger partial charge in [0.2, 0.25) is 5.95 Å². The van der Waals surface area contributed by atoms with Crippen molar-refractivity contribution >= 4 is 11.9 Å². The van der Waals surface area contributed by atoms with E-state index < -0.39 is 23.6 Å². The number of carbonyl (C=O) groups is 1. The Labute approximate surface area is 129 Å². The normalized spacial score (nSPS) is 16.8. The van der Waals surface area contributed by atoms with Gasteiger partial charge in [0.05, 0.1) is 12.2 Å². The van der Waals surface area contributed by atoms with Crippen LogP contribution in [0.4, 0.5) is 14.7 Å². The molecule has 1 aliphatic heterocycles. The summed E-state index contributed by atoms with van der Waals surface area (Å²) >= 11 is 0. The van der Waals surface area contributed by atoms with Gasteiger partial charge in [-0.1, -0.05) is 5.10 Å². The third-order valence-corrected chi connectivity index (χ3v) is 3.46. The number of benzene rings is 1. The number of aromatic nitrogens is 4. The van der Waals surface area contributed by atoms with Gasteiger partial charge in [0, 0.05) is 11.3 Å². The summed E-state index contributed by atoms with van der Waals surface area (Å²) in [5.74, 6) is -1.72. The van der Waals surface area contributed by atoms with Crippen molar-refractivity contribution < 1.29 is 18.3 Å². The van der Waals surface area contributed by atoms with Gasteiger partial charge in [-0.15, -0.1) is 0 Å².